The summed E-state index contributed by atoms with van der Waals surface area (Å²) in [7, 11) is -3.45. The van der Waals surface area contributed by atoms with E-state index in [-0.39, 0.29) is 17.7 Å². The van der Waals surface area contributed by atoms with Crippen LogP contribution in [0, 0.1) is 17.1 Å². The van der Waals surface area contributed by atoms with Crippen LogP contribution >= 0.6 is 0 Å². The van der Waals surface area contributed by atoms with Gasteiger partial charge in [0, 0.05) is 5.56 Å². The number of nitriles is 1. The van der Waals surface area contributed by atoms with E-state index in [1.54, 1.807) is 6.92 Å². The normalized spacial score (nSPS) is 13.0. The zero-order valence-electron chi connectivity index (χ0n) is 10.1. The first-order chi connectivity index (χ1) is 8.40. The Labute approximate surface area is 106 Å². The Morgan fingerprint density at radius 2 is 2.17 bits per heavy atom. The third-order valence-electron chi connectivity index (χ3n) is 2.72. The van der Waals surface area contributed by atoms with Crippen LogP contribution < -0.4 is 5.73 Å². The maximum atomic E-state index is 13.5. The molecule has 0 fully saturated rings. The van der Waals surface area contributed by atoms with Crippen LogP contribution in [0.3, 0.4) is 0 Å². The van der Waals surface area contributed by atoms with E-state index in [1.165, 1.54) is 12.1 Å². The molecule has 1 aromatic carbocycles. The van der Waals surface area contributed by atoms with Crippen LogP contribution in [0.2, 0.25) is 0 Å². The van der Waals surface area contributed by atoms with Gasteiger partial charge in [0.1, 0.15) is 5.82 Å². The van der Waals surface area contributed by atoms with Crippen molar-refractivity contribution in [2.45, 2.75) is 24.3 Å². The monoisotopic (exact) mass is 270 g/mol. The van der Waals surface area contributed by atoms with Crippen LogP contribution in [-0.2, 0) is 15.6 Å². The van der Waals surface area contributed by atoms with Crippen molar-refractivity contribution in [1.82, 2.24) is 0 Å². The first-order valence-electron chi connectivity index (χ1n) is 5.51. The fourth-order valence-electron chi connectivity index (χ4n) is 1.53. The Hall–Kier alpha value is -1.45. The summed E-state index contributed by atoms with van der Waals surface area (Å²) in [4.78, 5) is 0. The number of hydrogen-bond donors (Lipinski definition) is 1. The largest absolute Gasteiger partial charge is 0.330 e. The van der Waals surface area contributed by atoms with Crippen molar-refractivity contribution in [3.05, 3.63) is 35.1 Å². The van der Waals surface area contributed by atoms with Crippen molar-refractivity contribution in [1.29, 1.82) is 5.26 Å². The molecule has 1 rings (SSSR count). The van der Waals surface area contributed by atoms with E-state index >= 15 is 0 Å². The fourth-order valence-corrected chi connectivity index (χ4v) is 2.96. The first-order valence-corrected chi connectivity index (χ1v) is 7.22. The van der Waals surface area contributed by atoms with Gasteiger partial charge in [-0.3, -0.25) is 0 Å². The molecule has 0 saturated heterocycles. The lowest BCUT2D eigenvalue weighted by molar-refractivity contribution is 0.571. The van der Waals surface area contributed by atoms with Gasteiger partial charge in [0.15, 0.2) is 9.84 Å². The number of rotatable bonds is 5. The Bertz CT molecular complexity index is 564. The molecular formula is C12H15FN2O2S. The molecule has 0 aliphatic carbocycles. The smallest absolute Gasteiger partial charge is 0.157 e. The summed E-state index contributed by atoms with van der Waals surface area (Å²) >= 11 is 0. The summed E-state index contributed by atoms with van der Waals surface area (Å²) in [6, 6.07) is 5.54. The molecule has 1 atom stereocenters. The molecule has 0 radical (unpaired) electrons. The number of nitrogens with zero attached hydrogens (tertiary/aromatic N) is 1. The van der Waals surface area contributed by atoms with Crippen molar-refractivity contribution in [3.63, 3.8) is 0 Å². The molecule has 0 saturated carbocycles. The molecule has 0 aliphatic rings. The van der Waals surface area contributed by atoms with E-state index in [0.717, 1.165) is 6.07 Å². The highest BCUT2D eigenvalue weighted by atomic mass is 32.2. The van der Waals surface area contributed by atoms with E-state index in [4.69, 9.17) is 11.0 Å². The zero-order valence-corrected chi connectivity index (χ0v) is 10.9. The van der Waals surface area contributed by atoms with Crippen LogP contribution in [0.1, 0.15) is 24.5 Å². The summed E-state index contributed by atoms with van der Waals surface area (Å²) in [5.41, 5.74) is 5.58. The summed E-state index contributed by atoms with van der Waals surface area (Å²) in [5, 5.41) is 8.09. The molecule has 0 aliphatic heterocycles. The Morgan fingerprint density at radius 1 is 1.50 bits per heavy atom. The third-order valence-corrected chi connectivity index (χ3v) is 4.89. The van der Waals surface area contributed by atoms with E-state index in [1.807, 2.05) is 6.07 Å². The minimum Gasteiger partial charge on any atom is -0.330 e. The zero-order chi connectivity index (χ0) is 13.8. The second-order valence-electron chi connectivity index (χ2n) is 4.11. The average Bonchev–Trinajstić information content (AvgIpc) is 2.32. The molecule has 0 heterocycles. The summed E-state index contributed by atoms with van der Waals surface area (Å²) in [5.74, 6) is -1.02. The highest BCUT2D eigenvalue weighted by Crippen LogP contribution is 2.17. The Balaban J connectivity index is 3.01. The van der Waals surface area contributed by atoms with Crippen LogP contribution in [0.5, 0.6) is 0 Å². The number of sulfone groups is 1. The summed E-state index contributed by atoms with van der Waals surface area (Å²) < 4.78 is 37.4. The minimum absolute atomic E-state index is 0.0259. The van der Waals surface area contributed by atoms with E-state index in [2.05, 4.69) is 0 Å². The van der Waals surface area contributed by atoms with E-state index in [9.17, 15) is 12.8 Å². The number of hydrogen-bond acceptors (Lipinski definition) is 4. The van der Waals surface area contributed by atoms with Crippen LogP contribution in [-0.4, -0.2) is 20.2 Å². The minimum atomic E-state index is -3.45. The van der Waals surface area contributed by atoms with Gasteiger partial charge in [-0.15, -0.1) is 0 Å². The maximum Gasteiger partial charge on any atom is 0.157 e. The second kappa shape index (κ2) is 5.94. The van der Waals surface area contributed by atoms with Crippen molar-refractivity contribution in [2.75, 3.05) is 6.54 Å². The molecular weight excluding hydrogens is 255 g/mol. The first kappa shape index (κ1) is 14.6. The van der Waals surface area contributed by atoms with Crippen molar-refractivity contribution < 1.29 is 12.8 Å². The van der Waals surface area contributed by atoms with E-state index in [0.29, 0.717) is 6.42 Å². The van der Waals surface area contributed by atoms with Gasteiger partial charge in [0.2, 0.25) is 0 Å². The van der Waals surface area contributed by atoms with Crippen molar-refractivity contribution in [2.24, 2.45) is 5.73 Å². The quantitative estimate of drug-likeness (QED) is 0.875. The van der Waals surface area contributed by atoms with Gasteiger partial charge < -0.3 is 5.73 Å². The van der Waals surface area contributed by atoms with E-state index < -0.39 is 26.7 Å². The average molecular weight is 270 g/mol. The standard InChI is InChI=1S/C12H15FN2O2S/c1-9(4-5-14)18(16,17)8-11-6-10(7-15)2-3-12(11)13/h2-3,6,9H,4-5,8,14H2,1H3. The summed E-state index contributed by atoms with van der Waals surface area (Å²) in [6.45, 7) is 1.81. The lowest BCUT2D eigenvalue weighted by Gasteiger charge is -2.12. The Kier molecular flexibility index (Phi) is 4.82. The molecule has 98 valence electrons. The Morgan fingerprint density at radius 3 is 2.72 bits per heavy atom. The lowest BCUT2D eigenvalue weighted by atomic mass is 10.1. The molecule has 1 unspecified atom stereocenters. The van der Waals surface area contributed by atoms with Crippen LogP contribution in [0.25, 0.3) is 0 Å². The van der Waals surface area contributed by atoms with Gasteiger partial charge in [-0.2, -0.15) is 5.26 Å². The highest BCUT2D eigenvalue weighted by Gasteiger charge is 2.22. The van der Waals surface area contributed by atoms with Crippen molar-refractivity contribution >= 4 is 9.84 Å². The molecule has 2 N–H and O–H groups in total. The summed E-state index contributed by atoms with van der Waals surface area (Å²) in [6.07, 6.45) is 0.335. The molecule has 18 heavy (non-hydrogen) atoms. The van der Waals surface area contributed by atoms with Crippen molar-refractivity contribution in [3.8, 4) is 6.07 Å². The maximum absolute atomic E-state index is 13.5. The molecule has 0 bridgehead atoms. The van der Waals surface area contributed by atoms with Crippen LogP contribution in [0.4, 0.5) is 4.39 Å². The SMILES string of the molecule is CC(CCN)S(=O)(=O)Cc1cc(C#N)ccc1F. The topological polar surface area (TPSA) is 84.0 Å². The lowest BCUT2D eigenvalue weighted by Crippen LogP contribution is -2.23. The van der Waals surface area contributed by atoms with Gasteiger partial charge in [0.05, 0.1) is 22.6 Å². The third kappa shape index (κ3) is 3.52. The molecule has 0 spiro atoms. The second-order valence-corrected chi connectivity index (χ2v) is 6.53. The van der Waals surface area contributed by atoms with Gasteiger partial charge >= 0.3 is 0 Å². The number of nitrogens with two attached hydrogens (primary N) is 1. The molecule has 6 heteroatoms. The predicted octanol–water partition coefficient (Wildman–Crippen LogP) is 1.35. The molecule has 4 nitrogen and oxygen atoms in total. The molecule has 0 aromatic heterocycles. The number of halogens is 1. The molecule has 1 aromatic rings. The predicted molar refractivity (Wildman–Crippen MR) is 66.9 cm³/mol. The molecule has 0 amide bonds. The fraction of sp³-hybridized carbons (Fsp3) is 0.417. The van der Waals surface area contributed by atoms with Gasteiger partial charge in [-0.05, 0) is 38.1 Å². The van der Waals surface area contributed by atoms with Gasteiger partial charge in [-0.25, -0.2) is 12.8 Å². The number of benzene rings is 1. The highest BCUT2D eigenvalue weighted by molar-refractivity contribution is 7.91. The van der Waals surface area contributed by atoms with Gasteiger partial charge in [0.25, 0.3) is 0 Å². The van der Waals surface area contributed by atoms with Crippen LogP contribution in [0.15, 0.2) is 18.2 Å². The van der Waals surface area contributed by atoms with Gasteiger partial charge in [-0.1, -0.05) is 0 Å².